The van der Waals surface area contributed by atoms with Crippen molar-refractivity contribution in [1.82, 2.24) is 14.9 Å². The Hall–Kier alpha value is -4.54. The summed E-state index contributed by atoms with van der Waals surface area (Å²) >= 11 is 5.82. The van der Waals surface area contributed by atoms with E-state index in [1.807, 2.05) is 70.3 Å². The molecule has 1 fully saturated rings. The van der Waals surface area contributed by atoms with E-state index in [1.165, 1.54) is 7.11 Å². The van der Waals surface area contributed by atoms with Crippen molar-refractivity contribution in [3.63, 3.8) is 0 Å². The average Bonchev–Trinajstić information content (AvgIpc) is 3.54. The molecule has 4 aromatic rings. The van der Waals surface area contributed by atoms with Crippen LogP contribution in [0.3, 0.4) is 0 Å². The molecule has 0 radical (unpaired) electrons. The predicted molar refractivity (Wildman–Crippen MR) is 148 cm³/mol. The van der Waals surface area contributed by atoms with Crippen molar-refractivity contribution in [3.05, 3.63) is 108 Å². The normalized spacial score (nSPS) is 16.8. The maximum atomic E-state index is 11.9. The average molecular weight is 528 g/mol. The van der Waals surface area contributed by atoms with Gasteiger partial charge in [-0.2, -0.15) is 0 Å². The van der Waals surface area contributed by atoms with Crippen molar-refractivity contribution in [2.45, 2.75) is 12.1 Å². The number of methoxy groups -OCH3 is 1. The molecule has 3 heterocycles. The number of nitrogens with one attached hydrogen (secondary N) is 2. The van der Waals surface area contributed by atoms with Crippen LogP contribution in [0.4, 0.5) is 11.4 Å². The van der Waals surface area contributed by atoms with Crippen LogP contribution in [-0.2, 0) is 9.53 Å². The number of carboxylic acids is 1. The third-order valence-corrected chi connectivity index (χ3v) is 6.59. The van der Waals surface area contributed by atoms with Crippen LogP contribution in [0.2, 0.25) is 0 Å². The molecule has 2 atom stereocenters. The molecule has 0 spiro atoms. The second-order valence-electron chi connectivity index (χ2n) is 8.68. The number of anilines is 2. The van der Waals surface area contributed by atoms with E-state index in [4.69, 9.17) is 17.0 Å². The standard InChI is InChI=1S/C28H25N5O4S/c1-37-17-24(34)30-19-9-13-21(14-10-19)33-26(25(31-28(33)38)22-5-2-3-15-29-22)23-6-4-16-32(23)20-11-7-18(8-12-20)27(35)36/h2-16,25-26H,17H2,1H3,(H,30,34)(H,31,38)(H,35,36)/t25-,26+/m0/s1. The van der Waals surface area contributed by atoms with Gasteiger partial charge in [0.1, 0.15) is 12.6 Å². The number of ether oxygens (including phenoxy) is 1. The Balaban J connectivity index is 1.55. The zero-order valence-corrected chi connectivity index (χ0v) is 21.3. The molecule has 1 saturated heterocycles. The molecule has 5 rings (SSSR count). The molecule has 10 heteroatoms. The minimum atomic E-state index is -0.974. The minimum Gasteiger partial charge on any atom is -0.478 e. The number of pyridine rings is 1. The third kappa shape index (κ3) is 4.99. The highest BCUT2D eigenvalue weighted by atomic mass is 32.1. The van der Waals surface area contributed by atoms with Crippen LogP contribution < -0.4 is 15.5 Å². The molecular formula is C28H25N5O4S. The second-order valence-corrected chi connectivity index (χ2v) is 9.07. The lowest BCUT2D eigenvalue weighted by Gasteiger charge is -2.29. The third-order valence-electron chi connectivity index (χ3n) is 6.28. The Labute approximate surface area is 224 Å². The molecule has 1 aliphatic rings. The zero-order chi connectivity index (χ0) is 26.6. The summed E-state index contributed by atoms with van der Waals surface area (Å²) in [5.74, 6) is -1.21. The molecule has 1 aliphatic heterocycles. The van der Waals surface area contributed by atoms with Crippen molar-refractivity contribution in [2.75, 3.05) is 23.9 Å². The molecular weight excluding hydrogens is 502 g/mol. The van der Waals surface area contributed by atoms with Crippen LogP contribution in [0, 0.1) is 0 Å². The Morgan fingerprint density at radius 2 is 1.76 bits per heavy atom. The number of rotatable bonds is 8. The largest absolute Gasteiger partial charge is 0.478 e. The Morgan fingerprint density at radius 1 is 1.03 bits per heavy atom. The summed E-state index contributed by atoms with van der Waals surface area (Å²) in [6.07, 6.45) is 3.69. The Bertz CT molecular complexity index is 1450. The maximum absolute atomic E-state index is 11.9. The first kappa shape index (κ1) is 25.1. The molecule has 38 heavy (non-hydrogen) atoms. The van der Waals surface area contributed by atoms with Crippen LogP contribution in [0.25, 0.3) is 5.69 Å². The molecule has 0 saturated carbocycles. The molecule has 9 nitrogen and oxygen atoms in total. The summed E-state index contributed by atoms with van der Waals surface area (Å²) < 4.78 is 6.91. The number of benzene rings is 2. The molecule has 3 N–H and O–H groups in total. The van der Waals surface area contributed by atoms with E-state index < -0.39 is 5.97 Å². The van der Waals surface area contributed by atoms with Gasteiger partial charge < -0.3 is 29.9 Å². The van der Waals surface area contributed by atoms with Gasteiger partial charge in [-0.15, -0.1) is 0 Å². The van der Waals surface area contributed by atoms with Gasteiger partial charge in [0.25, 0.3) is 0 Å². The molecule has 0 bridgehead atoms. The summed E-state index contributed by atoms with van der Waals surface area (Å²) in [5.41, 5.74) is 4.30. The fourth-order valence-electron chi connectivity index (χ4n) is 4.60. The minimum absolute atomic E-state index is 0.0276. The topological polar surface area (TPSA) is 109 Å². The van der Waals surface area contributed by atoms with Gasteiger partial charge in [0.15, 0.2) is 5.11 Å². The SMILES string of the molecule is COCC(=O)Nc1ccc(N2C(=S)N[C@@H](c3ccccn3)[C@H]2c2cccn2-c2ccc(C(=O)O)cc2)cc1. The first-order valence-electron chi connectivity index (χ1n) is 11.9. The van der Waals surface area contributed by atoms with Gasteiger partial charge in [-0.05, 0) is 85.0 Å². The van der Waals surface area contributed by atoms with Crippen LogP contribution >= 0.6 is 12.2 Å². The highest BCUT2D eigenvalue weighted by Crippen LogP contribution is 2.42. The van der Waals surface area contributed by atoms with Gasteiger partial charge in [0, 0.05) is 42.3 Å². The number of hydrogen-bond donors (Lipinski definition) is 3. The quantitative estimate of drug-likeness (QED) is 0.291. The lowest BCUT2D eigenvalue weighted by atomic mass is 10.0. The number of hydrogen-bond acceptors (Lipinski definition) is 5. The number of carbonyl (C=O) groups is 2. The van der Waals surface area contributed by atoms with Gasteiger partial charge in [-0.3, -0.25) is 9.78 Å². The smallest absolute Gasteiger partial charge is 0.335 e. The predicted octanol–water partition coefficient (Wildman–Crippen LogP) is 4.33. The second kappa shape index (κ2) is 10.8. The van der Waals surface area contributed by atoms with E-state index in [0.29, 0.717) is 10.8 Å². The monoisotopic (exact) mass is 527 g/mol. The van der Waals surface area contributed by atoms with Crippen molar-refractivity contribution in [2.24, 2.45) is 0 Å². The fourth-order valence-corrected chi connectivity index (χ4v) is 4.95. The van der Waals surface area contributed by atoms with E-state index in [9.17, 15) is 14.7 Å². The Kier molecular flexibility index (Phi) is 7.16. The van der Waals surface area contributed by atoms with Crippen molar-refractivity contribution in [3.8, 4) is 5.69 Å². The highest BCUT2D eigenvalue weighted by Gasteiger charge is 2.42. The lowest BCUT2D eigenvalue weighted by Crippen LogP contribution is -2.30. The maximum Gasteiger partial charge on any atom is 0.335 e. The van der Waals surface area contributed by atoms with Gasteiger partial charge >= 0.3 is 5.97 Å². The molecule has 0 unspecified atom stereocenters. The van der Waals surface area contributed by atoms with Crippen LogP contribution in [0.5, 0.6) is 0 Å². The van der Waals surface area contributed by atoms with E-state index in [0.717, 1.165) is 22.8 Å². The molecule has 2 aromatic heterocycles. The summed E-state index contributed by atoms with van der Waals surface area (Å²) in [7, 11) is 1.47. The highest BCUT2D eigenvalue weighted by molar-refractivity contribution is 7.80. The molecule has 0 aliphatic carbocycles. The number of thiocarbonyl (C=S) groups is 1. The van der Waals surface area contributed by atoms with E-state index in [-0.39, 0.29) is 30.2 Å². The van der Waals surface area contributed by atoms with Gasteiger partial charge in [0.2, 0.25) is 5.91 Å². The number of carbonyl (C=O) groups excluding carboxylic acids is 1. The van der Waals surface area contributed by atoms with Gasteiger partial charge in [-0.25, -0.2) is 4.79 Å². The number of aromatic carboxylic acids is 1. The van der Waals surface area contributed by atoms with Gasteiger partial charge in [-0.1, -0.05) is 6.07 Å². The van der Waals surface area contributed by atoms with Crippen LogP contribution in [-0.4, -0.2) is 45.4 Å². The first-order chi connectivity index (χ1) is 18.5. The number of carboxylic acid groups (broad SMARTS) is 1. The summed E-state index contributed by atoms with van der Waals surface area (Å²) in [4.78, 5) is 29.9. The lowest BCUT2D eigenvalue weighted by molar-refractivity contribution is -0.119. The fraction of sp³-hybridized carbons (Fsp3) is 0.143. The van der Waals surface area contributed by atoms with Crippen LogP contribution in [0.15, 0.2) is 91.3 Å². The van der Waals surface area contributed by atoms with Crippen molar-refractivity contribution in [1.29, 1.82) is 0 Å². The summed E-state index contributed by atoms with van der Waals surface area (Å²) in [6, 6.07) is 23.4. The van der Waals surface area contributed by atoms with Gasteiger partial charge in [0.05, 0.1) is 17.3 Å². The summed E-state index contributed by atoms with van der Waals surface area (Å²) in [6.45, 7) is -0.0276. The molecule has 192 valence electrons. The van der Waals surface area contributed by atoms with Crippen molar-refractivity contribution < 1.29 is 19.4 Å². The van der Waals surface area contributed by atoms with E-state index >= 15 is 0 Å². The van der Waals surface area contributed by atoms with Crippen LogP contribution in [0.1, 0.15) is 33.8 Å². The molecule has 1 amide bonds. The summed E-state index contributed by atoms with van der Waals surface area (Å²) in [5, 5.41) is 16.1. The molecule has 2 aromatic carbocycles. The van der Waals surface area contributed by atoms with E-state index in [1.54, 1.807) is 30.5 Å². The number of nitrogens with zero attached hydrogens (tertiary/aromatic N) is 3. The van der Waals surface area contributed by atoms with Crippen molar-refractivity contribution >= 4 is 40.6 Å². The zero-order valence-electron chi connectivity index (χ0n) is 20.4. The Morgan fingerprint density at radius 3 is 2.42 bits per heavy atom. The van der Waals surface area contributed by atoms with E-state index in [2.05, 4.69) is 15.6 Å². The number of aromatic nitrogens is 2. The first-order valence-corrected chi connectivity index (χ1v) is 12.3. The number of amides is 1.